The molecule has 1 heterocycles. The van der Waals surface area contributed by atoms with Gasteiger partial charge < -0.3 is 0 Å². The molecule has 0 saturated heterocycles. The lowest BCUT2D eigenvalue weighted by Gasteiger charge is -1.96. The smallest absolute Gasteiger partial charge is 0.0267 e. The van der Waals surface area contributed by atoms with Crippen LogP contribution in [-0.2, 0) is 6.42 Å². The number of aryl methyl sites for hydroxylation is 1. The first-order valence-electron chi connectivity index (χ1n) is 5.10. The molecule has 0 aliphatic carbocycles. The van der Waals surface area contributed by atoms with E-state index in [0.29, 0.717) is 0 Å². The maximum absolute atomic E-state index is 2.22. The molecule has 0 aliphatic heterocycles. The normalized spacial score (nSPS) is 11.0. The van der Waals surface area contributed by atoms with Gasteiger partial charge in [0.15, 0.2) is 0 Å². The van der Waals surface area contributed by atoms with Gasteiger partial charge in [0.1, 0.15) is 0 Å². The van der Waals surface area contributed by atoms with Crippen LogP contribution in [0.15, 0.2) is 47.9 Å². The average Bonchev–Trinajstić information content (AvgIpc) is 2.74. The summed E-state index contributed by atoms with van der Waals surface area (Å²) in [6.45, 7) is 2.12. The molecular formula is C14H14S. The van der Waals surface area contributed by atoms with E-state index < -0.39 is 0 Å². The Labute approximate surface area is 94.9 Å². The summed E-state index contributed by atoms with van der Waals surface area (Å²) in [6.07, 6.45) is 5.42. The first kappa shape index (κ1) is 10.2. The molecule has 0 radical (unpaired) electrons. The number of rotatable bonds is 3. The fourth-order valence-corrected chi connectivity index (χ4v) is 2.07. The highest BCUT2D eigenvalue weighted by atomic mass is 32.1. The molecule has 15 heavy (non-hydrogen) atoms. The molecule has 0 unspecified atom stereocenters. The van der Waals surface area contributed by atoms with Crippen LogP contribution in [0, 0.1) is 6.92 Å². The van der Waals surface area contributed by atoms with Crippen LogP contribution in [0.2, 0.25) is 0 Å². The minimum absolute atomic E-state index is 1.01. The summed E-state index contributed by atoms with van der Waals surface area (Å²) in [6, 6.07) is 12.9. The van der Waals surface area contributed by atoms with Gasteiger partial charge in [-0.15, -0.1) is 11.3 Å². The van der Waals surface area contributed by atoms with Crippen molar-refractivity contribution in [3.8, 4) is 0 Å². The predicted molar refractivity (Wildman–Crippen MR) is 68.2 cm³/mol. The van der Waals surface area contributed by atoms with Crippen LogP contribution in [0.5, 0.6) is 0 Å². The Morgan fingerprint density at radius 3 is 2.60 bits per heavy atom. The molecule has 1 heteroatoms. The van der Waals surface area contributed by atoms with Crippen molar-refractivity contribution in [1.29, 1.82) is 0 Å². The molecule has 2 aromatic rings. The molecular weight excluding hydrogens is 200 g/mol. The molecule has 0 nitrogen and oxygen atoms in total. The van der Waals surface area contributed by atoms with Crippen molar-refractivity contribution in [3.63, 3.8) is 0 Å². The maximum Gasteiger partial charge on any atom is 0.0267 e. The summed E-state index contributed by atoms with van der Waals surface area (Å²) in [4.78, 5) is 1.32. The monoisotopic (exact) mass is 214 g/mol. The minimum Gasteiger partial charge on any atom is -0.144 e. The van der Waals surface area contributed by atoms with Gasteiger partial charge in [-0.2, -0.15) is 0 Å². The second-order valence-electron chi connectivity index (χ2n) is 3.61. The Morgan fingerprint density at radius 2 is 1.93 bits per heavy atom. The topological polar surface area (TPSA) is 0 Å². The molecule has 2 rings (SSSR count). The first-order chi connectivity index (χ1) is 7.34. The molecule has 0 aliphatic rings. The largest absolute Gasteiger partial charge is 0.144 e. The molecule has 0 N–H and O–H groups in total. The second kappa shape index (κ2) is 4.94. The Hall–Kier alpha value is -1.34. The summed E-state index contributed by atoms with van der Waals surface area (Å²) < 4.78 is 0. The van der Waals surface area contributed by atoms with E-state index in [4.69, 9.17) is 0 Å². The zero-order valence-corrected chi connectivity index (χ0v) is 9.63. The lowest BCUT2D eigenvalue weighted by molar-refractivity contribution is 1.26. The lowest BCUT2D eigenvalue weighted by atomic mass is 10.1. The van der Waals surface area contributed by atoms with Gasteiger partial charge in [-0.05, 0) is 36.4 Å². The summed E-state index contributed by atoms with van der Waals surface area (Å²) in [5, 5.41) is 2.10. The van der Waals surface area contributed by atoms with Crippen molar-refractivity contribution in [2.75, 3.05) is 0 Å². The third-order valence-electron chi connectivity index (χ3n) is 2.30. The fraction of sp³-hybridized carbons (Fsp3) is 0.143. The van der Waals surface area contributed by atoms with Gasteiger partial charge >= 0.3 is 0 Å². The van der Waals surface area contributed by atoms with E-state index in [1.54, 1.807) is 11.3 Å². The zero-order valence-electron chi connectivity index (χ0n) is 8.81. The summed E-state index contributed by atoms with van der Waals surface area (Å²) >= 11 is 1.77. The van der Waals surface area contributed by atoms with Crippen LogP contribution < -0.4 is 0 Å². The van der Waals surface area contributed by atoms with E-state index in [2.05, 4.69) is 60.9 Å². The lowest BCUT2D eigenvalue weighted by Crippen LogP contribution is -1.80. The SMILES string of the molecule is Cc1ccc(CC=Cc2cccs2)cc1. The quantitative estimate of drug-likeness (QED) is 0.714. The fourth-order valence-electron chi connectivity index (χ4n) is 1.42. The highest BCUT2D eigenvalue weighted by molar-refractivity contribution is 7.10. The highest BCUT2D eigenvalue weighted by Crippen LogP contribution is 2.11. The van der Waals surface area contributed by atoms with Crippen LogP contribution in [0.1, 0.15) is 16.0 Å². The molecule has 0 amide bonds. The Kier molecular flexibility index (Phi) is 3.36. The van der Waals surface area contributed by atoms with Crippen molar-refractivity contribution in [2.24, 2.45) is 0 Å². The van der Waals surface area contributed by atoms with E-state index in [1.165, 1.54) is 16.0 Å². The van der Waals surface area contributed by atoms with E-state index in [1.807, 2.05) is 0 Å². The van der Waals surface area contributed by atoms with Crippen LogP contribution >= 0.6 is 11.3 Å². The maximum atomic E-state index is 2.22. The molecule has 1 aromatic heterocycles. The number of hydrogen-bond acceptors (Lipinski definition) is 1. The average molecular weight is 214 g/mol. The van der Waals surface area contributed by atoms with Crippen LogP contribution in [0.3, 0.4) is 0 Å². The van der Waals surface area contributed by atoms with Crippen LogP contribution in [-0.4, -0.2) is 0 Å². The van der Waals surface area contributed by atoms with Gasteiger partial charge in [0.25, 0.3) is 0 Å². The van der Waals surface area contributed by atoms with Crippen LogP contribution in [0.25, 0.3) is 6.08 Å². The van der Waals surface area contributed by atoms with Crippen molar-refractivity contribution in [1.82, 2.24) is 0 Å². The van der Waals surface area contributed by atoms with E-state index in [9.17, 15) is 0 Å². The third kappa shape index (κ3) is 3.07. The number of hydrogen-bond donors (Lipinski definition) is 0. The molecule has 0 atom stereocenters. The molecule has 0 spiro atoms. The Bertz CT molecular complexity index is 421. The van der Waals surface area contributed by atoms with Gasteiger partial charge in [0.2, 0.25) is 0 Å². The second-order valence-corrected chi connectivity index (χ2v) is 4.59. The van der Waals surface area contributed by atoms with E-state index in [0.717, 1.165) is 6.42 Å². The van der Waals surface area contributed by atoms with E-state index in [-0.39, 0.29) is 0 Å². The zero-order chi connectivity index (χ0) is 10.5. The molecule has 76 valence electrons. The molecule has 0 saturated carbocycles. The van der Waals surface area contributed by atoms with E-state index >= 15 is 0 Å². The summed E-state index contributed by atoms with van der Waals surface area (Å²) in [5.74, 6) is 0. The predicted octanol–water partition coefficient (Wildman–Crippen LogP) is 4.31. The standard InChI is InChI=1S/C14H14S/c1-12-7-9-13(10-8-12)4-2-5-14-6-3-11-15-14/h2-3,5-11H,4H2,1H3. The molecule has 1 aromatic carbocycles. The van der Waals surface area contributed by atoms with Crippen molar-refractivity contribution >= 4 is 17.4 Å². The number of benzene rings is 1. The molecule has 0 bridgehead atoms. The van der Waals surface area contributed by atoms with Gasteiger partial charge in [-0.25, -0.2) is 0 Å². The van der Waals surface area contributed by atoms with Gasteiger partial charge in [-0.3, -0.25) is 0 Å². The van der Waals surface area contributed by atoms with Crippen molar-refractivity contribution in [3.05, 3.63) is 63.9 Å². The third-order valence-corrected chi connectivity index (χ3v) is 3.14. The van der Waals surface area contributed by atoms with Gasteiger partial charge in [-0.1, -0.05) is 42.0 Å². The number of thiophene rings is 1. The van der Waals surface area contributed by atoms with Gasteiger partial charge in [0.05, 0.1) is 0 Å². The number of allylic oxidation sites excluding steroid dienone is 1. The summed E-state index contributed by atoms with van der Waals surface area (Å²) in [7, 11) is 0. The first-order valence-corrected chi connectivity index (χ1v) is 5.98. The summed E-state index contributed by atoms with van der Waals surface area (Å²) in [5.41, 5.74) is 2.69. The Balaban J connectivity index is 1.96. The minimum atomic E-state index is 1.01. The van der Waals surface area contributed by atoms with Crippen molar-refractivity contribution < 1.29 is 0 Å². The van der Waals surface area contributed by atoms with Crippen molar-refractivity contribution in [2.45, 2.75) is 13.3 Å². The van der Waals surface area contributed by atoms with Crippen LogP contribution in [0.4, 0.5) is 0 Å². The Morgan fingerprint density at radius 1 is 1.13 bits per heavy atom. The highest BCUT2D eigenvalue weighted by Gasteiger charge is 1.89. The molecule has 0 fully saturated rings. The van der Waals surface area contributed by atoms with Gasteiger partial charge in [0, 0.05) is 4.88 Å².